The van der Waals surface area contributed by atoms with Crippen LogP contribution in [0.3, 0.4) is 0 Å². The molecule has 1 aromatic carbocycles. The van der Waals surface area contributed by atoms with E-state index in [9.17, 15) is 19.5 Å². The van der Waals surface area contributed by atoms with Crippen LogP contribution in [-0.4, -0.2) is 87.7 Å². The lowest BCUT2D eigenvalue weighted by atomic mass is 9.90. The maximum absolute atomic E-state index is 13.1. The zero-order valence-electron chi connectivity index (χ0n) is 22.8. The third kappa shape index (κ3) is 7.54. The molecule has 216 valence electrons. The first-order valence-corrected chi connectivity index (χ1v) is 13.6. The number of carbonyl (C=O) groups is 2. The van der Waals surface area contributed by atoms with E-state index in [0.29, 0.717) is 57.9 Å². The van der Waals surface area contributed by atoms with E-state index in [2.05, 4.69) is 10.4 Å². The minimum atomic E-state index is -1.14. The average Bonchev–Trinajstić information content (AvgIpc) is 3.36. The van der Waals surface area contributed by atoms with Gasteiger partial charge in [-0.3, -0.25) is 19.0 Å². The number of piperidine rings is 1. The zero-order chi connectivity index (χ0) is 28.5. The molecule has 0 bridgehead atoms. The Bertz CT molecular complexity index is 1330. The van der Waals surface area contributed by atoms with Crippen molar-refractivity contribution in [2.75, 3.05) is 51.4 Å². The number of hydrogen-bond acceptors (Lipinski definition) is 8. The molecule has 0 radical (unpaired) electrons. The molecule has 40 heavy (non-hydrogen) atoms. The van der Waals surface area contributed by atoms with Gasteiger partial charge in [-0.25, -0.2) is 4.52 Å². The first-order chi connectivity index (χ1) is 19.3. The molecule has 3 aromatic rings. The van der Waals surface area contributed by atoms with Crippen molar-refractivity contribution in [1.29, 1.82) is 0 Å². The molecule has 0 aliphatic carbocycles. The number of amides is 2. The number of anilines is 1. The molecule has 1 saturated heterocycles. The van der Waals surface area contributed by atoms with Gasteiger partial charge in [-0.05, 0) is 36.5 Å². The van der Waals surface area contributed by atoms with E-state index in [-0.39, 0.29) is 42.7 Å². The average molecular weight is 555 g/mol. The first-order valence-electron chi connectivity index (χ1n) is 13.6. The number of carbonyl (C=O) groups excluding carboxylic acids is 2. The number of nitrogens with one attached hydrogen (secondary N) is 1. The Balaban J connectivity index is 1.30. The van der Waals surface area contributed by atoms with E-state index in [4.69, 9.17) is 15.2 Å². The summed E-state index contributed by atoms with van der Waals surface area (Å²) in [5.74, 6) is 0.115. The molecular weight excluding hydrogens is 516 g/mol. The van der Waals surface area contributed by atoms with Gasteiger partial charge in [0.1, 0.15) is 24.3 Å². The molecular formula is C28H38N6O6. The van der Waals surface area contributed by atoms with Crippen LogP contribution in [0.1, 0.15) is 37.7 Å². The van der Waals surface area contributed by atoms with Crippen LogP contribution in [0.25, 0.3) is 5.52 Å². The predicted octanol–water partition coefficient (Wildman–Crippen LogP) is 0.974. The van der Waals surface area contributed by atoms with Crippen molar-refractivity contribution >= 4 is 23.1 Å². The van der Waals surface area contributed by atoms with E-state index in [0.717, 1.165) is 5.56 Å². The molecule has 2 amide bonds. The summed E-state index contributed by atoms with van der Waals surface area (Å²) in [6.45, 7) is 4.22. The highest BCUT2D eigenvalue weighted by Gasteiger charge is 2.35. The summed E-state index contributed by atoms with van der Waals surface area (Å²) < 4.78 is 13.2. The number of fused-ring (bicyclic) bond motifs is 1. The fourth-order valence-electron chi connectivity index (χ4n) is 4.82. The molecule has 4 N–H and O–H groups in total. The Hall–Kier alpha value is -3.58. The summed E-state index contributed by atoms with van der Waals surface area (Å²) in [6, 6.07) is 13.1. The van der Waals surface area contributed by atoms with E-state index in [1.165, 1.54) is 15.4 Å². The van der Waals surface area contributed by atoms with Crippen LogP contribution >= 0.6 is 0 Å². The number of nitrogens with zero attached hydrogens (tertiary/aromatic N) is 4. The molecule has 1 aliphatic rings. The van der Waals surface area contributed by atoms with Crippen molar-refractivity contribution in [1.82, 2.24) is 19.1 Å². The van der Waals surface area contributed by atoms with Crippen molar-refractivity contribution in [3.63, 3.8) is 0 Å². The number of aromatic nitrogens is 3. The maximum Gasteiger partial charge on any atom is 0.277 e. The number of hydrogen-bond donors (Lipinski definition) is 3. The molecule has 1 atom stereocenters. The van der Waals surface area contributed by atoms with Gasteiger partial charge in [-0.15, -0.1) is 0 Å². The molecule has 12 nitrogen and oxygen atoms in total. The summed E-state index contributed by atoms with van der Waals surface area (Å²) in [6.07, 6.45) is 2.48. The summed E-state index contributed by atoms with van der Waals surface area (Å²) in [5.41, 5.74) is 5.25. The Labute approximate surface area is 232 Å². The lowest BCUT2D eigenvalue weighted by Crippen LogP contribution is -2.49. The van der Waals surface area contributed by atoms with Crippen molar-refractivity contribution in [3.8, 4) is 0 Å². The van der Waals surface area contributed by atoms with E-state index in [1.54, 1.807) is 17.0 Å². The monoisotopic (exact) mass is 554 g/mol. The van der Waals surface area contributed by atoms with Crippen molar-refractivity contribution < 1.29 is 24.2 Å². The third-order valence-corrected chi connectivity index (χ3v) is 7.14. The number of benzene rings is 1. The molecule has 1 aliphatic heterocycles. The maximum atomic E-state index is 13.1. The molecule has 0 unspecified atom stereocenters. The van der Waals surface area contributed by atoms with Crippen LogP contribution in [0.2, 0.25) is 0 Å². The fraction of sp³-hybridized carbons (Fsp3) is 0.500. The van der Waals surface area contributed by atoms with Gasteiger partial charge in [-0.1, -0.05) is 37.3 Å². The van der Waals surface area contributed by atoms with Gasteiger partial charge in [0.15, 0.2) is 0 Å². The Kier molecular flexibility index (Phi) is 10.0. The highest BCUT2D eigenvalue weighted by molar-refractivity contribution is 5.91. The van der Waals surface area contributed by atoms with Crippen LogP contribution < -0.4 is 16.6 Å². The largest absolute Gasteiger partial charge is 0.388 e. The van der Waals surface area contributed by atoms with Gasteiger partial charge in [0.2, 0.25) is 5.91 Å². The molecule has 12 heteroatoms. The minimum Gasteiger partial charge on any atom is -0.388 e. The van der Waals surface area contributed by atoms with E-state index >= 15 is 0 Å². The summed E-state index contributed by atoms with van der Waals surface area (Å²) in [4.78, 5) is 40.0. The molecule has 2 aromatic heterocycles. The SMILES string of the molecule is C[C@H](CC(=O)N1CCC(O)(Cn2cnn3c(NC(=O)COCCOCCN)ccc3c2=O)CC1)c1ccccc1. The van der Waals surface area contributed by atoms with Gasteiger partial charge in [0, 0.05) is 26.1 Å². The first kappa shape index (κ1) is 29.4. The van der Waals surface area contributed by atoms with Crippen LogP contribution in [0.15, 0.2) is 53.6 Å². The van der Waals surface area contributed by atoms with Crippen LogP contribution in [-0.2, 0) is 25.6 Å². The second kappa shape index (κ2) is 13.7. The number of rotatable bonds is 13. The van der Waals surface area contributed by atoms with Gasteiger partial charge < -0.3 is 30.5 Å². The minimum absolute atomic E-state index is 0.0602. The highest BCUT2D eigenvalue weighted by Crippen LogP contribution is 2.26. The van der Waals surface area contributed by atoms with Gasteiger partial charge in [0.25, 0.3) is 11.5 Å². The number of nitrogens with two attached hydrogens (primary N) is 1. The standard InChI is InChI=1S/C28H38N6O6/c1-21(22-5-3-2-4-6-22)17-26(36)32-12-9-28(38,10-13-32)19-33-20-30-34-23(27(33)37)7-8-24(34)31-25(35)18-40-16-15-39-14-11-29/h2-8,20-21,38H,9-19,29H2,1H3,(H,31,35)/t21-/m1/s1. The predicted molar refractivity (Wildman–Crippen MR) is 149 cm³/mol. The molecule has 0 saturated carbocycles. The lowest BCUT2D eigenvalue weighted by molar-refractivity contribution is -0.136. The smallest absolute Gasteiger partial charge is 0.277 e. The normalized spacial score (nSPS) is 15.7. The summed E-state index contributed by atoms with van der Waals surface area (Å²) in [7, 11) is 0. The van der Waals surface area contributed by atoms with Crippen LogP contribution in [0, 0.1) is 0 Å². The lowest BCUT2D eigenvalue weighted by Gasteiger charge is -2.38. The number of likely N-dealkylation sites (tertiary alicyclic amines) is 1. The van der Waals surface area contributed by atoms with Gasteiger partial charge in [-0.2, -0.15) is 5.10 Å². The van der Waals surface area contributed by atoms with Crippen LogP contribution in [0.5, 0.6) is 0 Å². The number of ether oxygens (including phenoxy) is 2. The van der Waals surface area contributed by atoms with Crippen molar-refractivity contribution in [2.24, 2.45) is 5.73 Å². The molecule has 3 heterocycles. The van der Waals surface area contributed by atoms with Crippen LogP contribution in [0.4, 0.5) is 5.82 Å². The second-order valence-electron chi connectivity index (χ2n) is 10.2. The number of aliphatic hydroxyl groups is 1. The molecule has 4 rings (SSSR count). The molecule has 1 fully saturated rings. The van der Waals surface area contributed by atoms with Crippen molar-refractivity contribution in [3.05, 3.63) is 64.7 Å². The van der Waals surface area contributed by atoms with E-state index < -0.39 is 11.5 Å². The summed E-state index contributed by atoms with van der Waals surface area (Å²) in [5, 5.41) is 18.2. The topological polar surface area (TPSA) is 153 Å². The zero-order valence-corrected chi connectivity index (χ0v) is 22.8. The van der Waals surface area contributed by atoms with E-state index in [1.807, 2.05) is 37.3 Å². The Morgan fingerprint density at radius 1 is 1.10 bits per heavy atom. The fourth-order valence-corrected chi connectivity index (χ4v) is 4.82. The molecule has 0 spiro atoms. The van der Waals surface area contributed by atoms with Gasteiger partial charge >= 0.3 is 0 Å². The van der Waals surface area contributed by atoms with Gasteiger partial charge in [0.05, 0.1) is 32.0 Å². The second-order valence-corrected chi connectivity index (χ2v) is 10.2. The Morgan fingerprint density at radius 2 is 1.82 bits per heavy atom. The summed E-state index contributed by atoms with van der Waals surface area (Å²) >= 11 is 0. The quantitative estimate of drug-likeness (QED) is 0.264. The third-order valence-electron chi connectivity index (χ3n) is 7.14. The highest BCUT2D eigenvalue weighted by atomic mass is 16.5. The van der Waals surface area contributed by atoms with Crippen molar-refractivity contribution in [2.45, 2.75) is 44.2 Å². The Morgan fingerprint density at radius 3 is 2.55 bits per heavy atom.